The van der Waals surface area contributed by atoms with E-state index in [0.717, 1.165) is 30.4 Å². The third-order valence-electron chi connectivity index (χ3n) is 6.71. The van der Waals surface area contributed by atoms with Gasteiger partial charge in [0, 0.05) is 31.5 Å². The number of carbonyl (C=O) groups is 2. The van der Waals surface area contributed by atoms with E-state index in [0.29, 0.717) is 19.0 Å². The molecule has 31 heavy (non-hydrogen) atoms. The highest BCUT2D eigenvalue weighted by atomic mass is 16.2. The summed E-state index contributed by atoms with van der Waals surface area (Å²) in [6.45, 7) is 7.72. The number of hydrogen-bond acceptors (Lipinski definition) is 3. The maximum absolute atomic E-state index is 13.5. The molecule has 4 rings (SSSR count). The first-order chi connectivity index (χ1) is 14.9. The van der Waals surface area contributed by atoms with Gasteiger partial charge in [-0.05, 0) is 37.0 Å². The number of rotatable bonds is 5. The van der Waals surface area contributed by atoms with Gasteiger partial charge in [0.05, 0.1) is 17.7 Å². The molecule has 0 bridgehead atoms. The second-order valence-electron chi connectivity index (χ2n) is 9.31. The summed E-state index contributed by atoms with van der Waals surface area (Å²) in [5, 5.41) is 3.73. The lowest BCUT2D eigenvalue weighted by molar-refractivity contribution is -0.136. The fourth-order valence-electron chi connectivity index (χ4n) is 5.14. The summed E-state index contributed by atoms with van der Waals surface area (Å²) in [6, 6.07) is 19.5. The smallest absolute Gasteiger partial charge is 0.253 e. The number of nitrogens with one attached hydrogen (secondary N) is 1. The molecule has 2 aliphatic rings. The molecule has 5 nitrogen and oxygen atoms in total. The monoisotopic (exact) mass is 419 g/mol. The van der Waals surface area contributed by atoms with E-state index in [4.69, 9.17) is 0 Å². The summed E-state index contributed by atoms with van der Waals surface area (Å²) < 4.78 is 0. The molecule has 2 aromatic carbocycles. The molecular formula is C26H33N3O2. The van der Waals surface area contributed by atoms with Crippen LogP contribution in [0.2, 0.25) is 0 Å². The number of likely N-dealkylation sites (tertiary alicyclic amines) is 1. The third kappa shape index (κ3) is 4.24. The van der Waals surface area contributed by atoms with Crippen LogP contribution in [0.15, 0.2) is 60.7 Å². The predicted molar refractivity (Wildman–Crippen MR) is 122 cm³/mol. The number of hydrogen-bond donors (Lipinski definition) is 1. The van der Waals surface area contributed by atoms with Crippen molar-refractivity contribution in [3.63, 3.8) is 0 Å². The van der Waals surface area contributed by atoms with E-state index in [9.17, 15) is 9.59 Å². The van der Waals surface area contributed by atoms with E-state index in [1.165, 1.54) is 0 Å². The molecule has 2 unspecified atom stereocenters. The van der Waals surface area contributed by atoms with Crippen molar-refractivity contribution in [1.29, 1.82) is 0 Å². The lowest BCUT2D eigenvalue weighted by Crippen LogP contribution is -2.60. The second kappa shape index (κ2) is 8.83. The molecule has 2 atom stereocenters. The Morgan fingerprint density at radius 1 is 1.00 bits per heavy atom. The zero-order valence-corrected chi connectivity index (χ0v) is 18.8. The van der Waals surface area contributed by atoms with Crippen LogP contribution < -0.4 is 5.32 Å². The first kappa shape index (κ1) is 21.6. The zero-order valence-electron chi connectivity index (χ0n) is 18.8. The standard InChI is InChI=1S/C26H33N3O2/c1-19(2)18-23-25(31)29(20(3)21-10-6-4-7-11-21)26(27-23)14-16-28(17-15-26)24(30)22-12-8-5-9-13-22/h4-13,19-20,23,27H,14-18H2,1-3H3. The van der Waals surface area contributed by atoms with Gasteiger partial charge in [-0.2, -0.15) is 0 Å². The van der Waals surface area contributed by atoms with E-state index in [-0.39, 0.29) is 23.9 Å². The van der Waals surface area contributed by atoms with Crippen LogP contribution in [0.25, 0.3) is 0 Å². The van der Waals surface area contributed by atoms with E-state index in [2.05, 4.69) is 43.1 Å². The quantitative estimate of drug-likeness (QED) is 0.789. The Bertz CT molecular complexity index is 905. The van der Waals surface area contributed by atoms with Crippen LogP contribution >= 0.6 is 0 Å². The Morgan fingerprint density at radius 3 is 2.16 bits per heavy atom. The first-order valence-electron chi connectivity index (χ1n) is 11.4. The molecule has 0 aliphatic carbocycles. The molecule has 2 fully saturated rings. The van der Waals surface area contributed by atoms with Gasteiger partial charge in [0.2, 0.25) is 5.91 Å². The molecular weight excluding hydrogens is 386 g/mol. The average Bonchev–Trinajstić information content (AvgIpc) is 3.04. The summed E-state index contributed by atoms with van der Waals surface area (Å²) in [5.41, 5.74) is 1.46. The normalized spacial score (nSPS) is 21.7. The highest BCUT2D eigenvalue weighted by molar-refractivity contribution is 5.94. The number of piperidine rings is 1. The van der Waals surface area contributed by atoms with Crippen LogP contribution in [-0.2, 0) is 4.79 Å². The molecule has 0 aromatic heterocycles. The zero-order chi connectivity index (χ0) is 22.0. The van der Waals surface area contributed by atoms with Crippen molar-refractivity contribution in [1.82, 2.24) is 15.1 Å². The minimum Gasteiger partial charge on any atom is -0.338 e. The molecule has 5 heteroatoms. The molecule has 1 N–H and O–H groups in total. The summed E-state index contributed by atoms with van der Waals surface area (Å²) in [5.74, 6) is 0.694. The maximum Gasteiger partial charge on any atom is 0.253 e. The number of benzene rings is 2. The highest BCUT2D eigenvalue weighted by Gasteiger charge is 2.53. The van der Waals surface area contributed by atoms with Crippen molar-refractivity contribution in [3.8, 4) is 0 Å². The van der Waals surface area contributed by atoms with Gasteiger partial charge in [0.15, 0.2) is 0 Å². The van der Waals surface area contributed by atoms with Crippen molar-refractivity contribution in [2.75, 3.05) is 13.1 Å². The molecule has 2 aromatic rings. The lowest BCUT2D eigenvalue weighted by Gasteiger charge is -2.47. The lowest BCUT2D eigenvalue weighted by atomic mass is 9.92. The van der Waals surface area contributed by atoms with Crippen LogP contribution in [0.5, 0.6) is 0 Å². The largest absolute Gasteiger partial charge is 0.338 e. The van der Waals surface area contributed by atoms with Crippen LogP contribution in [0.3, 0.4) is 0 Å². The molecule has 164 valence electrons. The van der Waals surface area contributed by atoms with Crippen LogP contribution in [0.1, 0.15) is 62.0 Å². The average molecular weight is 420 g/mol. The fraction of sp³-hybridized carbons (Fsp3) is 0.462. The molecule has 2 saturated heterocycles. The second-order valence-corrected chi connectivity index (χ2v) is 9.31. The Hall–Kier alpha value is -2.66. The number of nitrogens with zero attached hydrogens (tertiary/aromatic N) is 2. The molecule has 2 amide bonds. The van der Waals surface area contributed by atoms with Gasteiger partial charge in [0.1, 0.15) is 0 Å². The Kier molecular flexibility index (Phi) is 6.15. The molecule has 0 saturated carbocycles. The third-order valence-corrected chi connectivity index (χ3v) is 6.71. The van der Waals surface area contributed by atoms with Gasteiger partial charge >= 0.3 is 0 Å². The van der Waals surface area contributed by atoms with Crippen molar-refractivity contribution in [2.24, 2.45) is 5.92 Å². The Balaban J connectivity index is 1.57. The van der Waals surface area contributed by atoms with Crippen molar-refractivity contribution in [2.45, 2.75) is 57.8 Å². The summed E-state index contributed by atoms with van der Waals surface area (Å²) in [4.78, 5) is 30.5. The SMILES string of the molecule is CC(C)CC1NC2(CCN(C(=O)c3ccccc3)CC2)N(C(C)c2ccccc2)C1=O. The topological polar surface area (TPSA) is 52.7 Å². The van der Waals surface area contributed by atoms with Crippen molar-refractivity contribution in [3.05, 3.63) is 71.8 Å². The van der Waals surface area contributed by atoms with Gasteiger partial charge in [-0.3, -0.25) is 14.9 Å². The summed E-state index contributed by atoms with van der Waals surface area (Å²) >= 11 is 0. The minimum atomic E-state index is -0.403. The maximum atomic E-state index is 13.5. The summed E-state index contributed by atoms with van der Waals surface area (Å²) in [7, 11) is 0. The van der Waals surface area contributed by atoms with E-state index >= 15 is 0 Å². The minimum absolute atomic E-state index is 0.0188. The Labute approximate surface area is 185 Å². The highest BCUT2D eigenvalue weighted by Crippen LogP contribution is 2.40. The van der Waals surface area contributed by atoms with Gasteiger partial charge in [-0.25, -0.2) is 0 Å². The van der Waals surface area contributed by atoms with E-state index in [1.54, 1.807) is 0 Å². The number of carbonyl (C=O) groups excluding carboxylic acids is 2. The molecule has 1 spiro atoms. The molecule has 2 heterocycles. The fourth-order valence-corrected chi connectivity index (χ4v) is 5.14. The van der Waals surface area contributed by atoms with Crippen LogP contribution in [-0.4, -0.2) is 46.4 Å². The van der Waals surface area contributed by atoms with Crippen molar-refractivity contribution < 1.29 is 9.59 Å². The van der Waals surface area contributed by atoms with E-state index in [1.807, 2.05) is 53.4 Å². The molecule has 2 aliphatic heterocycles. The van der Waals surface area contributed by atoms with Crippen molar-refractivity contribution >= 4 is 11.8 Å². The predicted octanol–water partition coefficient (Wildman–Crippen LogP) is 4.23. The Morgan fingerprint density at radius 2 is 1.58 bits per heavy atom. The van der Waals surface area contributed by atoms with Crippen LogP contribution in [0.4, 0.5) is 0 Å². The van der Waals surface area contributed by atoms with Crippen LogP contribution in [0, 0.1) is 5.92 Å². The molecule has 0 radical (unpaired) electrons. The number of amides is 2. The van der Waals surface area contributed by atoms with E-state index < -0.39 is 5.66 Å². The first-order valence-corrected chi connectivity index (χ1v) is 11.4. The summed E-state index contributed by atoms with van der Waals surface area (Å²) in [6.07, 6.45) is 2.30. The van der Waals surface area contributed by atoms with Gasteiger partial charge < -0.3 is 9.80 Å². The van der Waals surface area contributed by atoms with Gasteiger partial charge in [-0.1, -0.05) is 62.4 Å². The van der Waals surface area contributed by atoms with Gasteiger partial charge in [-0.15, -0.1) is 0 Å². The van der Waals surface area contributed by atoms with Gasteiger partial charge in [0.25, 0.3) is 5.91 Å².